The molecule has 0 aromatic carbocycles. The van der Waals surface area contributed by atoms with E-state index in [0.29, 0.717) is 32.3 Å². The van der Waals surface area contributed by atoms with Crippen molar-refractivity contribution in [1.29, 1.82) is 0 Å². The molecule has 0 saturated carbocycles. The van der Waals surface area contributed by atoms with Gasteiger partial charge in [-0.1, -0.05) is 60.3 Å². The Bertz CT molecular complexity index is 591. The van der Waals surface area contributed by atoms with Crippen molar-refractivity contribution >= 4 is 14.8 Å². The van der Waals surface area contributed by atoms with Crippen LogP contribution in [0.1, 0.15) is 127 Å². The largest absolute Gasteiger partial charge is 0.613 e. The average molecular weight is 606 g/mol. The van der Waals surface area contributed by atoms with Crippen LogP contribution < -0.4 is 5.11 Å². The van der Waals surface area contributed by atoms with E-state index in [1.807, 2.05) is 20.8 Å². The van der Waals surface area contributed by atoms with Gasteiger partial charge in [-0.05, 0) is 72.8 Å². The predicted octanol–water partition coefficient (Wildman–Crippen LogP) is 6.99. The normalized spacial score (nSPS) is 12.4. The number of carbonyl (C=O) groups is 1. The van der Waals surface area contributed by atoms with Gasteiger partial charge in [0.25, 0.3) is 0 Å². The van der Waals surface area contributed by atoms with Gasteiger partial charge in [0.15, 0.2) is 0 Å². The first kappa shape index (κ1) is 42.0. The van der Waals surface area contributed by atoms with Gasteiger partial charge in [0.1, 0.15) is 0 Å². The molecule has 0 aliphatic rings. The van der Waals surface area contributed by atoms with E-state index in [-0.39, 0.29) is 25.2 Å². The molecule has 0 spiro atoms. The summed E-state index contributed by atoms with van der Waals surface area (Å²) in [6.07, 6.45) is 11.8. The third kappa shape index (κ3) is 19.6. The summed E-state index contributed by atoms with van der Waals surface area (Å²) in [4.78, 5) is 11.9. The molecule has 0 bridgehead atoms. The zero-order chi connectivity index (χ0) is 31.4. The summed E-state index contributed by atoms with van der Waals surface area (Å²) in [5, 5.41) is 11.9. The summed E-state index contributed by atoms with van der Waals surface area (Å²) in [6.45, 7) is 25.9. The number of nitrogens with zero attached hydrogens (tertiary/aromatic N) is 1. The van der Waals surface area contributed by atoms with Gasteiger partial charge in [-0.2, -0.15) is 0 Å². The molecule has 0 N–H and O–H groups in total. The van der Waals surface area contributed by atoms with Gasteiger partial charge >= 0.3 is 14.8 Å². The van der Waals surface area contributed by atoms with Crippen molar-refractivity contribution in [1.82, 2.24) is 0 Å². The van der Waals surface area contributed by atoms with Gasteiger partial charge in [0.2, 0.25) is 0 Å². The lowest BCUT2D eigenvalue weighted by Crippen LogP contribution is -2.50. The summed E-state index contributed by atoms with van der Waals surface area (Å²) in [6, 6.07) is 0.519. The van der Waals surface area contributed by atoms with Crippen molar-refractivity contribution < 1.29 is 37.1 Å². The lowest BCUT2D eigenvalue weighted by Gasteiger charge is -2.39. The second-order valence-electron chi connectivity index (χ2n) is 10.4. The highest BCUT2D eigenvalue weighted by Crippen LogP contribution is 2.22. The van der Waals surface area contributed by atoms with Crippen LogP contribution in [0, 0.1) is 0 Å². The molecule has 0 atom stereocenters. The number of rotatable bonds is 26. The number of esters is 1. The van der Waals surface area contributed by atoms with Crippen LogP contribution in [-0.2, 0) is 27.5 Å². The first-order valence-electron chi connectivity index (χ1n) is 16.7. The van der Waals surface area contributed by atoms with E-state index in [1.54, 1.807) is 13.8 Å². The van der Waals surface area contributed by atoms with E-state index in [2.05, 4.69) is 27.7 Å². The Morgan fingerprint density at radius 2 is 0.976 bits per heavy atom. The minimum atomic E-state index is -2.79. The van der Waals surface area contributed by atoms with Crippen molar-refractivity contribution in [3.05, 3.63) is 11.5 Å². The molecule has 0 unspecified atom stereocenters. The highest BCUT2D eigenvalue weighted by Gasteiger charge is 2.39. The van der Waals surface area contributed by atoms with Crippen LogP contribution in [0.5, 0.6) is 0 Å². The van der Waals surface area contributed by atoms with E-state index in [4.69, 9.17) is 22.8 Å². The molecule has 0 aliphatic heterocycles. The Kier molecular flexibility index (Phi) is 28.4. The standard InChI is InChI=1S/C16H36N.C16H32O7Si/c1-5-9-13-17(14-10-6-2,15-11-7-3)16-12-8-4;1-6-19-15(17)14(16(18)20-7-2)12-11-13-24(21-8-3,22-9-4)23-10-5/h5-16H2,1-4H3;17H,6-13H2,1-5H3/q+1;/p-1. The monoisotopic (exact) mass is 605 g/mol. The Morgan fingerprint density at radius 1 is 0.585 bits per heavy atom. The van der Waals surface area contributed by atoms with Crippen molar-refractivity contribution in [2.75, 3.05) is 59.2 Å². The molecule has 0 aromatic heterocycles. The molecule has 9 heteroatoms. The maximum absolute atomic E-state index is 11.9. The summed E-state index contributed by atoms with van der Waals surface area (Å²) in [5.41, 5.74) is 0.0195. The predicted molar refractivity (Wildman–Crippen MR) is 169 cm³/mol. The molecule has 0 amide bonds. The minimum Gasteiger partial charge on any atom is -0.613 e. The molecule has 0 heterocycles. The fourth-order valence-corrected chi connectivity index (χ4v) is 7.46. The van der Waals surface area contributed by atoms with E-state index >= 15 is 0 Å². The summed E-state index contributed by atoms with van der Waals surface area (Å²) < 4.78 is 28.6. The molecular formula is C32H67NO7Si. The van der Waals surface area contributed by atoms with E-state index in [1.165, 1.54) is 82.0 Å². The van der Waals surface area contributed by atoms with Crippen LogP contribution >= 0.6 is 0 Å². The molecular weight excluding hydrogens is 538 g/mol. The first-order valence-corrected chi connectivity index (χ1v) is 18.6. The van der Waals surface area contributed by atoms with Crippen LogP contribution in [0.2, 0.25) is 6.04 Å². The van der Waals surface area contributed by atoms with Crippen molar-refractivity contribution in [2.45, 2.75) is 133 Å². The van der Waals surface area contributed by atoms with Crippen molar-refractivity contribution in [2.24, 2.45) is 0 Å². The van der Waals surface area contributed by atoms with Crippen LogP contribution in [0.25, 0.3) is 0 Å². The average Bonchev–Trinajstić information content (AvgIpc) is 2.95. The minimum absolute atomic E-state index is 0.0195. The Hall–Kier alpha value is -1.13. The lowest BCUT2D eigenvalue weighted by atomic mass is 10.1. The number of quaternary nitrogens is 1. The summed E-state index contributed by atoms with van der Waals surface area (Å²) >= 11 is 0. The number of hydrogen-bond acceptors (Lipinski definition) is 7. The highest BCUT2D eigenvalue weighted by atomic mass is 28.4. The molecule has 0 fully saturated rings. The maximum atomic E-state index is 11.9. The zero-order valence-electron chi connectivity index (χ0n) is 28.4. The third-order valence-electron chi connectivity index (χ3n) is 6.99. The lowest BCUT2D eigenvalue weighted by molar-refractivity contribution is -0.929. The zero-order valence-corrected chi connectivity index (χ0v) is 29.4. The Morgan fingerprint density at radius 3 is 1.29 bits per heavy atom. The van der Waals surface area contributed by atoms with E-state index in [9.17, 15) is 9.90 Å². The fourth-order valence-electron chi connectivity index (χ4n) is 4.85. The van der Waals surface area contributed by atoms with E-state index < -0.39 is 20.7 Å². The molecule has 41 heavy (non-hydrogen) atoms. The van der Waals surface area contributed by atoms with Crippen LogP contribution in [-0.4, -0.2) is 78.5 Å². The SMILES string of the molecule is CCCC[N+](CCCC)(CCCC)CCCC.CCOC(=O)C(CCC[Si](OCC)(OCC)OCC)=C([O-])OCC. The van der Waals surface area contributed by atoms with E-state index in [0.717, 1.165) is 0 Å². The molecule has 0 aromatic rings. The maximum Gasteiger partial charge on any atom is 0.500 e. The smallest absolute Gasteiger partial charge is 0.500 e. The highest BCUT2D eigenvalue weighted by molar-refractivity contribution is 6.60. The van der Waals surface area contributed by atoms with Gasteiger partial charge in [0.05, 0.1) is 44.3 Å². The molecule has 0 radical (unpaired) electrons. The second kappa shape index (κ2) is 27.7. The number of unbranched alkanes of at least 4 members (excludes halogenated alkanes) is 4. The van der Waals surface area contributed by atoms with Gasteiger partial charge in [-0.25, -0.2) is 4.79 Å². The van der Waals surface area contributed by atoms with Crippen molar-refractivity contribution in [3.63, 3.8) is 0 Å². The van der Waals surface area contributed by atoms with Gasteiger partial charge in [-0.15, -0.1) is 0 Å². The number of carbonyl (C=O) groups excluding carboxylic acids is 1. The number of hydrogen-bond donors (Lipinski definition) is 0. The van der Waals surface area contributed by atoms with Gasteiger partial charge in [-0.3, -0.25) is 0 Å². The van der Waals surface area contributed by atoms with Crippen LogP contribution in [0.15, 0.2) is 11.5 Å². The summed E-state index contributed by atoms with van der Waals surface area (Å²) in [5.74, 6) is -1.26. The molecule has 246 valence electrons. The Balaban J connectivity index is 0. The van der Waals surface area contributed by atoms with Gasteiger partial charge in [0, 0.05) is 25.9 Å². The van der Waals surface area contributed by atoms with Gasteiger partial charge < -0.3 is 32.3 Å². The van der Waals surface area contributed by atoms with Crippen LogP contribution in [0.3, 0.4) is 0 Å². The molecule has 0 aliphatic carbocycles. The fraction of sp³-hybridized carbons (Fsp3) is 0.906. The van der Waals surface area contributed by atoms with Crippen LogP contribution in [0.4, 0.5) is 0 Å². The third-order valence-corrected chi connectivity index (χ3v) is 10.1. The molecule has 0 saturated heterocycles. The Labute approximate surface area is 255 Å². The summed E-state index contributed by atoms with van der Waals surface area (Å²) in [7, 11) is -2.79. The number of ether oxygens (including phenoxy) is 2. The topological polar surface area (TPSA) is 86.3 Å². The quantitative estimate of drug-likeness (QED) is 0.0345. The first-order chi connectivity index (χ1) is 19.7. The van der Waals surface area contributed by atoms with Crippen molar-refractivity contribution in [3.8, 4) is 0 Å². The molecule has 0 rings (SSSR count). The molecule has 8 nitrogen and oxygen atoms in total. The second-order valence-corrected chi connectivity index (χ2v) is 13.1.